The Morgan fingerprint density at radius 2 is 1.91 bits per heavy atom. The largest absolute Gasteiger partial charge is 0.493 e. The Morgan fingerprint density at radius 3 is 2.59 bits per heavy atom. The van der Waals surface area contributed by atoms with E-state index < -0.39 is 17.9 Å². The van der Waals surface area contributed by atoms with Gasteiger partial charge in [0, 0.05) is 19.7 Å². The molecular weight excluding hydrogens is 454 g/mol. The van der Waals surface area contributed by atoms with Crippen molar-refractivity contribution in [3.8, 4) is 22.9 Å². The molecule has 14 heteroatoms. The van der Waals surface area contributed by atoms with E-state index in [2.05, 4.69) is 19.9 Å². The van der Waals surface area contributed by atoms with Crippen molar-refractivity contribution in [2.24, 2.45) is 14.1 Å². The zero-order chi connectivity index (χ0) is 23.2. The van der Waals surface area contributed by atoms with Crippen LogP contribution >= 0.6 is 11.6 Å². The molecule has 0 spiro atoms. The van der Waals surface area contributed by atoms with Crippen LogP contribution in [0.15, 0.2) is 32.3 Å². The third kappa shape index (κ3) is 3.60. The van der Waals surface area contributed by atoms with Gasteiger partial charge in [0.25, 0.3) is 5.56 Å². The molecule has 0 aliphatic heterocycles. The lowest BCUT2D eigenvalue weighted by Gasteiger charge is -2.10. The van der Waals surface area contributed by atoms with E-state index in [1.807, 2.05) is 0 Å². The van der Waals surface area contributed by atoms with Crippen LogP contribution in [0.4, 0.5) is 8.78 Å². The molecule has 0 N–H and O–H groups in total. The summed E-state index contributed by atoms with van der Waals surface area (Å²) in [6.07, 6.45) is 0. The third-order valence-electron chi connectivity index (χ3n) is 4.70. The van der Waals surface area contributed by atoms with Gasteiger partial charge < -0.3 is 14.0 Å². The average molecular weight is 469 g/mol. The van der Waals surface area contributed by atoms with Gasteiger partial charge in [-0.25, -0.2) is 4.79 Å². The average Bonchev–Trinajstić information content (AvgIpc) is 3.36. The van der Waals surface area contributed by atoms with Crippen molar-refractivity contribution in [3.05, 3.63) is 50.2 Å². The maximum atomic E-state index is 12.6. The standard InChI is InChI=1S/C18H15ClF2N6O5/c1-25-14-12(15(28)26(2)18(25)29)27(16(19)23-14)7-11-22-13(24-32-11)8-4-5-9(31-17(20)21)10(6-8)30-3/h4-6,17H,7H2,1-3H3. The number of aromatic nitrogens is 6. The van der Waals surface area contributed by atoms with Crippen molar-refractivity contribution >= 4 is 22.8 Å². The Hall–Kier alpha value is -3.74. The van der Waals surface area contributed by atoms with Crippen molar-refractivity contribution < 1.29 is 22.8 Å². The number of hydrogen-bond donors (Lipinski definition) is 0. The van der Waals surface area contributed by atoms with Crippen molar-refractivity contribution in [1.29, 1.82) is 0 Å². The van der Waals surface area contributed by atoms with E-state index in [4.69, 9.17) is 20.9 Å². The first-order valence-corrected chi connectivity index (χ1v) is 9.36. The van der Waals surface area contributed by atoms with Crippen LogP contribution in [0.5, 0.6) is 11.5 Å². The summed E-state index contributed by atoms with van der Waals surface area (Å²) in [5.41, 5.74) is -0.506. The van der Waals surface area contributed by atoms with Crippen LogP contribution in [0.25, 0.3) is 22.6 Å². The number of benzene rings is 1. The maximum Gasteiger partial charge on any atom is 0.387 e. The summed E-state index contributed by atoms with van der Waals surface area (Å²) in [6.45, 7) is -3.10. The first-order valence-electron chi connectivity index (χ1n) is 8.98. The molecule has 0 bridgehead atoms. The van der Waals surface area contributed by atoms with Gasteiger partial charge in [-0.1, -0.05) is 5.16 Å². The number of imidazole rings is 1. The normalized spacial score (nSPS) is 11.5. The number of hydrogen-bond acceptors (Lipinski definition) is 8. The van der Waals surface area contributed by atoms with E-state index in [9.17, 15) is 18.4 Å². The van der Waals surface area contributed by atoms with E-state index >= 15 is 0 Å². The zero-order valence-corrected chi connectivity index (χ0v) is 17.6. The molecule has 0 atom stereocenters. The second kappa shape index (κ2) is 8.07. The summed E-state index contributed by atoms with van der Waals surface area (Å²) in [7, 11) is 4.12. The lowest BCUT2D eigenvalue weighted by Crippen LogP contribution is -2.37. The van der Waals surface area contributed by atoms with Crippen molar-refractivity contribution in [2.75, 3.05) is 7.11 Å². The van der Waals surface area contributed by atoms with Crippen molar-refractivity contribution in [2.45, 2.75) is 13.2 Å². The molecule has 0 aliphatic carbocycles. The topological polar surface area (TPSA) is 119 Å². The van der Waals surface area contributed by atoms with Gasteiger partial charge in [0.15, 0.2) is 22.7 Å². The summed E-state index contributed by atoms with van der Waals surface area (Å²) < 4.78 is 43.2. The molecular formula is C18H15ClF2N6O5. The number of aryl methyl sites for hydroxylation is 1. The van der Waals surface area contributed by atoms with E-state index in [0.29, 0.717) is 5.56 Å². The second-order valence-corrected chi connectivity index (χ2v) is 6.94. The number of ether oxygens (including phenoxy) is 2. The van der Waals surface area contributed by atoms with Gasteiger partial charge >= 0.3 is 12.3 Å². The minimum Gasteiger partial charge on any atom is -0.493 e. The van der Waals surface area contributed by atoms with E-state index in [-0.39, 0.29) is 46.2 Å². The molecule has 168 valence electrons. The molecule has 0 fully saturated rings. The molecule has 3 aromatic heterocycles. The molecule has 4 rings (SSSR count). The smallest absolute Gasteiger partial charge is 0.387 e. The van der Waals surface area contributed by atoms with Crippen LogP contribution < -0.4 is 20.7 Å². The number of halogens is 3. The monoisotopic (exact) mass is 468 g/mol. The molecule has 0 saturated carbocycles. The summed E-state index contributed by atoms with van der Waals surface area (Å²) in [5.74, 6) is 0.141. The van der Waals surface area contributed by atoms with Gasteiger partial charge in [0.1, 0.15) is 6.54 Å². The van der Waals surface area contributed by atoms with E-state index in [0.717, 1.165) is 4.57 Å². The minimum absolute atomic E-state index is 0.0479. The van der Waals surface area contributed by atoms with Gasteiger partial charge in [-0.2, -0.15) is 18.7 Å². The third-order valence-corrected chi connectivity index (χ3v) is 4.99. The highest BCUT2D eigenvalue weighted by Gasteiger charge is 2.21. The fourth-order valence-corrected chi connectivity index (χ4v) is 3.36. The Kier molecular flexibility index (Phi) is 5.42. The Labute approximate surface area is 182 Å². The minimum atomic E-state index is -3.01. The van der Waals surface area contributed by atoms with Crippen LogP contribution in [0.3, 0.4) is 0 Å². The second-order valence-electron chi connectivity index (χ2n) is 6.60. The lowest BCUT2D eigenvalue weighted by atomic mass is 10.2. The first-order chi connectivity index (χ1) is 15.2. The molecule has 0 amide bonds. The van der Waals surface area contributed by atoms with Crippen LogP contribution in [0.1, 0.15) is 5.89 Å². The van der Waals surface area contributed by atoms with Crippen LogP contribution in [0.2, 0.25) is 5.28 Å². The lowest BCUT2D eigenvalue weighted by molar-refractivity contribution is -0.0512. The summed E-state index contributed by atoms with van der Waals surface area (Å²) >= 11 is 6.20. The number of rotatable bonds is 6. The van der Waals surface area contributed by atoms with Gasteiger partial charge in [0.05, 0.1) is 7.11 Å². The molecule has 0 unspecified atom stereocenters. The van der Waals surface area contributed by atoms with Gasteiger partial charge in [-0.15, -0.1) is 0 Å². The van der Waals surface area contributed by atoms with Crippen molar-refractivity contribution in [1.82, 2.24) is 28.8 Å². The first kappa shape index (κ1) is 21.5. The van der Waals surface area contributed by atoms with Gasteiger partial charge in [0.2, 0.25) is 17.0 Å². The summed E-state index contributed by atoms with van der Waals surface area (Å²) in [6, 6.07) is 4.16. The fraction of sp³-hybridized carbons (Fsp3) is 0.278. The highest BCUT2D eigenvalue weighted by molar-refractivity contribution is 6.29. The maximum absolute atomic E-state index is 12.6. The van der Waals surface area contributed by atoms with E-state index in [1.54, 1.807) is 0 Å². The molecule has 11 nitrogen and oxygen atoms in total. The number of methoxy groups -OCH3 is 1. The quantitative estimate of drug-likeness (QED) is 0.393. The van der Waals surface area contributed by atoms with E-state index in [1.165, 1.54) is 48.5 Å². The highest BCUT2D eigenvalue weighted by Crippen LogP contribution is 2.32. The van der Waals surface area contributed by atoms with Crippen LogP contribution in [-0.4, -0.2) is 42.5 Å². The SMILES string of the molecule is COc1cc(-c2noc(Cn3c(Cl)nc4c3c(=O)n(C)c(=O)n4C)n2)ccc1OC(F)F. The fourth-order valence-electron chi connectivity index (χ4n) is 3.14. The predicted octanol–water partition coefficient (Wildman–Crippen LogP) is 1.80. The van der Waals surface area contributed by atoms with Crippen LogP contribution in [-0.2, 0) is 20.6 Å². The highest BCUT2D eigenvalue weighted by atomic mass is 35.5. The molecule has 0 aliphatic rings. The number of nitrogens with zero attached hydrogens (tertiary/aromatic N) is 6. The van der Waals surface area contributed by atoms with Crippen LogP contribution in [0, 0.1) is 0 Å². The Balaban J connectivity index is 1.71. The van der Waals surface area contributed by atoms with Gasteiger partial charge in [-0.3, -0.25) is 18.5 Å². The zero-order valence-electron chi connectivity index (χ0n) is 16.9. The predicted molar refractivity (Wildman–Crippen MR) is 107 cm³/mol. The summed E-state index contributed by atoms with van der Waals surface area (Å²) in [5, 5.41) is 3.82. The number of fused-ring (bicyclic) bond motifs is 1. The molecule has 32 heavy (non-hydrogen) atoms. The Morgan fingerprint density at radius 1 is 1.16 bits per heavy atom. The van der Waals surface area contributed by atoms with Gasteiger partial charge in [-0.05, 0) is 29.8 Å². The molecule has 1 aromatic carbocycles. The molecule has 0 saturated heterocycles. The molecule has 3 heterocycles. The molecule has 4 aromatic rings. The Bertz CT molecular complexity index is 1440. The summed E-state index contributed by atoms with van der Waals surface area (Å²) in [4.78, 5) is 33.1. The number of alkyl halides is 2. The molecule has 0 radical (unpaired) electrons. The van der Waals surface area contributed by atoms with Crippen molar-refractivity contribution in [3.63, 3.8) is 0 Å².